The predicted octanol–water partition coefficient (Wildman–Crippen LogP) is 2.42. The summed E-state index contributed by atoms with van der Waals surface area (Å²) in [5, 5.41) is 6.90. The molecule has 3 aromatic rings. The van der Waals surface area contributed by atoms with Crippen molar-refractivity contribution in [1.29, 1.82) is 0 Å². The van der Waals surface area contributed by atoms with E-state index in [-0.39, 0.29) is 18.6 Å². The van der Waals surface area contributed by atoms with E-state index in [0.717, 1.165) is 5.39 Å². The maximum absolute atomic E-state index is 12.4. The summed E-state index contributed by atoms with van der Waals surface area (Å²) in [4.78, 5) is 36.7. The van der Waals surface area contributed by atoms with Crippen LogP contribution >= 0.6 is 11.6 Å². The molecule has 0 radical (unpaired) electrons. The van der Waals surface area contributed by atoms with E-state index in [2.05, 4.69) is 10.6 Å². The summed E-state index contributed by atoms with van der Waals surface area (Å²) < 4.78 is 6.46. The molecule has 2 N–H and O–H groups in total. The largest absolute Gasteiger partial charge is 0.495 e. The van der Waals surface area contributed by atoms with E-state index < -0.39 is 11.8 Å². The zero-order valence-corrected chi connectivity index (χ0v) is 15.8. The van der Waals surface area contributed by atoms with Gasteiger partial charge in [0, 0.05) is 16.6 Å². The zero-order valence-electron chi connectivity index (χ0n) is 15.1. The van der Waals surface area contributed by atoms with Crippen LogP contribution in [0.2, 0.25) is 5.02 Å². The van der Waals surface area contributed by atoms with Gasteiger partial charge in [-0.15, -0.1) is 0 Å². The van der Waals surface area contributed by atoms with Gasteiger partial charge in [0.25, 0.3) is 5.56 Å². The van der Waals surface area contributed by atoms with E-state index in [9.17, 15) is 14.4 Å². The molecule has 3 rings (SSSR count). The van der Waals surface area contributed by atoms with Crippen LogP contribution in [0, 0.1) is 0 Å². The number of rotatable bonds is 6. The molecule has 28 heavy (non-hydrogen) atoms. The van der Waals surface area contributed by atoms with Crippen molar-refractivity contribution >= 4 is 39.9 Å². The number of aromatic nitrogens is 1. The summed E-state index contributed by atoms with van der Waals surface area (Å²) >= 11 is 5.92. The van der Waals surface area contributed by atoms with E-state index in [1.54, 1.807) is 42.6 Å². The summed E-state index contributed by atoms with van der Waals surface area (Å²) in [6, 6.07) is 13.7. The average Bonchev–Trinajstić information content (AvgIpc) is 2.69. The maximum atomic E-state index is 12.4. The number of methoxy groups -OCH3 is 1. The van der Waals surface area contributed by atoms with Gasteiger partial charge in [-0.1, -0.05) is 29.8 Å². The minimum absolute atomic E-state index is 0.183. The fraction of sp³-hybridized carbons (Fsp3) is 0.150. The molecule has 0 saturated carbocycles. The molecule has 0 aliphatic rings. The standard InChI is InChI=1S/C20H18ClN3O4/c1-28-17-7-6-14(21)10-16(17)23-18(25)11-22-19(26)12-24-9-8-13-4-2-3-5-15(13)20(24)27/h2-10H,11-12H2,1H3,(H,22,26)(H,23,25). The Bertz CT molecular complexity index is 1090. The third-order valence-electron chi connectivity index (χ3n) is 4.08. The van der Waals surface area contributed by atoms with Crippen LogP contribution in [0.1, 0.15) is 0 Å². The Morgan fingerprint density at radius 3 is 2.68 bits per heavy atom. The Morgan fingerprint density at radius 2 is 1.89 bits per heavy atom. The predicted molar refractivity (Wildman–Crippen MR) is 108 cm³/mol. The summed E-state index contributed by atoms with van der Waals surface area (Å²) in [7, 11) is 1.47. The fourth-order valence-corrected chi connectivity index (χ4v) is 2.89. The Hall–Kier alpha value is -3.32. The van der Waals surface area contributed by atoms with Crippen molar-refractivity contribution in [2.45, 2.75) is 6.54 Å². The number of carbonyl (C=O) groups is 2. The highest BCUT2D eigenvalue weighted by Gasteiger charge is 2.11. The molecule has 0 aliphatic heterocycles. The van der Waals surface area contributed by atoms with E-state index in [4.69, 9.17) is 16.3 Å². The Morgan fingerprint density at radius 1 is 1.11 bits per heavy atom. The van der Waals surface area contributed by atoms with Crippen LogP contribution in [0.5, 0.6) is 5.75 Å². The van der Waals surface area contributed by atoms with Gasteiger partial charge in [0.15, 0.2) is 0 Å². The van der Waals surface area contributed by atoms with Gasteiger partial charge in [-0.25, -0.2) is 0 Å². The highest BCUT2D eigenvalue weighted by molar-refractivity contribution is 6.31. The van der Waals surface area contributed by atoms with Crippen LogP contribution in [0.4, 0.5) is 5.69 Å². The second kappa shape index (κ2) is 8.58. The van der Waals surface area contributed by atoms with E-state index >= 15 is 0 Å². The van der Waals surface area contributed by atoms with Gasteiger partial charge in [0.2, 0.25) is 11.8 Å². The quantitative estimate of drug-likeness (QED) is 0.666. The number of anilines is 1. The van der Waals surface area contributed by atoms with Crippen molar-refractivity contribution in [3.05, 3.63) is 70.1 Å². The van der Waals surface area contributed by atoms with E-state index in [0.29, 0.717) is 21.8 Å². The number of nitrogens with zero attached hydrogens (tertiary/aromatic N) is 1. The molecule has 2 aromatic carbocycles. The number of halogens is 1. The van der Waals surface area contributed by atoms with Crippen LogP contribution < -0.4 is 20.9 Å². The van der Waals surface area contributed by atoms with Crippen LogP contribution in [-0.4, -0.2) is 30.0 Å². The highest BCUT2D eigenvalue weighted by atomic mass is 35.5. The smallest absolute Gasteiger partial charge is 0.258 e. The first-order chi connectivity index (χ1) is 13.5. The van der Waals surface area contributed by atoms with E-state index in [1.165, 1.54) is 11.7 Å². The number of nitrogens with one attached hydrogen (secondary N) is 2. The molecule has 8 heteroatoms. The SMILES string of the molecule is COc1ccc(Cl)cc1NC(=O)CNC(=O)Cn1ccc2ccccc2c1=O. The van der Waals surface area contributed by atoms with Gasteiger partial charge in [-0.2, -0.15) is 0 Å². The molecule has 2 amide bonds. The third-order valence-corrected chi connectivity index (χ3v) is 4.32. The maximum Gasteiger partial charge on any atom is 0.258 e. The molecule has 1 heterocycles. The minimum Gasteiger partial charge on any atom is -0.495 e. The lowest BCUT2D eigenvalue weighted by atomic mass is 10.2. The number of pyridine rings is 1. The number of benzene rings is 2. The fourth-order valence-electron chi connectivity index (χ4n) is 2.72. The lowest BCUT2D eigenvalue weighted by Crippen LogP contribution is -2.37. The normalized spacial score (nSPS) is 10.5. The lowest BCUT2D eigenvalue weighted by molar-refractivity contribution is -0.124. The first-order valence-corrected chi connectivity index (χ1v) is 8.84. The molecule has 0 fully saturated rings. The van der Waals surface area contributed by atoms with Crippen molar-refractivity contribution in [3.63, 3.8) is 0 Å². The molecule has 1 aromatic heterocycles. The summed E-state index contributed by atoms with van der Waals surface area (Å²) in [6.45, 7) is -0.436. The zero-order chi connectivity index (χ0) is 20.1. The highest BCUT2D eigenvalue weighted by Crippen LogP contribution is 2.27. The third kappa shape index (κ3) is 4.50. The van der Waals surface area contributed by atoms with Crippen molar-refractivity contribution < 1.29 is 14.3 Å². The van der Waals surface area contributed by atoms with Gasteiger partial charge in [-0.3, -0.25) is 14.4 Å². The first-order valence-electron chi connectivity index (χ1n) is 8.46. The summed E-state index contributed by atoms with van der Waals surface area (Å²) in [5.74, 6) is -0.447. The Kier molecular flexibility index (Phi) is 5.96. The lowest BCUT2D eigenvalue weighted by Gasteiger charge is -2.11. The Labute approximate surface area is 165 Å². The molecule has 144 valence electrons. The number of fused-ring (bicyclic) bond motifs is 1. The van der Waals surface area contributed by atoms with Gasteiger partial charge in [0.05, 0.1) is 19.3 Å². The number of ether oxygens (including phenoxy) is 1. The summed E-state index contributed by atoms with van der Waals surface area (Å²) in [6.07, 6.45) is 1.56. The van der Waals surface area contributed by atoms with Crippen molar-refractivity contribution in [1.82, 2.24) is 9.88 Å². The monoisotopic (exact) mass is 399 g/mol. The Balaban J connectivity index is 1.60. The molecule has 7 nitrogen and oxygen atoms in total. The minimum atomic E-state index is -0.453. The molecule has 0 unspecified atom stereocenters. The van der Waals surface area contributed by atoms with Crippen LogP contribution in [0.15, 0.2) is 59.5 Å². The van der Waals surface area contributed by atoms with Crippen molar-refractivity contribution in [2.75, 3.05) is 19.0 Å². The molecule has 0 aliphatic carbocycles. The topological polar surface area (TPSA) is 89.4 Å². The number of hydrogen-bond donors (Lipinski definition) is 2. The van der Waals surface area contributed by atoms with Crippen LogP contribution in [0.3, 0.4) is 0 Å². The molecule has 0 bridgehead atoms. The first kappa shape index (κ1) is 19.4. The van der Waals surface area contributed by atoms with Gasteiger partial charge < -0.3 is 19.9 Å². The van der Waals surface area contributed by atoms with Crippen molar-refractivity contribution in [3.8, 4) is 5.75 Å². The number of carbonyl (C=O) groups excluding carboxylic acids is 2. The number of hydrogen-bond acceptors (Lipinski definition) is 4. The average molecular weight is 400 g/mol. The summed E-state index contributed by atoms with van der Waals surface area (Å²) in [5.41, 5.74) is 0.140. The van der Waals surface area contributed by atoms with Crippen LogP contribution in [-0.2, 0) is 16.1 Å². The van der Waals surface area contributed by atoms with E-state index in [1.807, 2.05) is 12.1 Å². The van der Waals surface area contributed by atoms with Gasteiger partial charge in [-0.05, 0) is 35.7 Å². The molecular weight excluding hydrogens is 382 g/mol. The van der Waals surface area contributed by atoms with Crippen LogP contribution in [0.25, 0.3) is 10.8 Å². The second-order valence-electron chi connectivity index (χ2n) is 6.01. The molecular formula is C20H18ClN3O4. The second-order valence-corrected chi connectivity index (χ2v) is 6.44. The van der Waals surface area contributed by atoms with Crippen molar-refractivity contribution in [2.24, 2.45) is 0 Å². The molecule has 0 atom stereocenters. The molecule has 0 spiro atoms. The molecule has 0 saturated heterocycles. The number of amides is 2. The van der Waals surface area contributed by atoms with Gasteiger partial charge >= 0.3 is 0 Å². The van der Waals surface area contributed by atoms with Gasteiger partial charge in [0.1, 0.15) is 12.3 Å².